The third kappa shape index (κ3) is 3.33. The number of pyridine rings is 1. The van der Waals surface area contributed by atoms with Crippen LogP contribution in [0.5, 0.6) is 0 Å². The minimum atomic E-state index is 0.596. The van der Waals surface area contributed by atoms with E-state index in [0.717, 1.165) is 43.9 Å². The van der Waals surface area contributed by atoms with Crippen molar-refractivity contribution in [3.8, 4) is 34.2 Å². The standard InChI is InChI=1S/C30H18N4O/c1-3-10-19(11-4-1)27-32-28(20-12-5-2-6-13-20)34-29(33-27)22-15-9-17-25-26(22)23-18-21-14-7-8-16-24(21)31-30(23)35-25/h1-18H. The number of hydrogen-bond donors (Lipinski definition) is 0. The molecule has 0 unspecified atom stereocenters. The van der Waals surface area contributed by atoms with Gasteiger partial charge >= 0.3 is 0 Å². The van der Waals surface area contributed by atoms with Gasteiger partial charge in [0.25, 0.3) is 0 Å². The molecule has 0 atom stereocenters. The summed E-state index contributed by atoms with van der Waals surface area (Å²) in [4.78, 5) is 19.4. The van der Waals surface area contributed by atoms with Crippen molar-refractivity contribution in [2.24, 2.45) is 0 Å². The van der Waals surface area contributed by atoms with Gasteiger partial charge in [0.15, 0.2) is 17.5 Å². The Morgan fingerprint density at radius 1 is 0.514 bits per heavy atom. The summed E-state index contributed by atoms with van der Waals surface area (Å²) in [7, 11) is 0. The van der Waals surface area contributed by atoms with Crippen LogP contribution >= 0.6 is 0 Å². The largest absolute Gasteiger partial charge is 0.438 e. The number of hydrogen-bond acceptors (Lipinski definition) is 5. The molecule has 0 fully saturated rings. The number of furan rings is 1. The number of aromatic nitrogens is 4. The van der Waals surface area contributed by atoms with E-state index in [0.29, 0.717) is 23.2 Å². The van der Waals surface area contributed by atoms with Crippen LogP contribution in [0.4, 0.5) is 0 Å². The first-order valence-corrected chi connectivity index (χ1v) is 11.4. The van der Waals surface area contributed by atoms with Crippen LogP contribution in [0.25, 0.3) is 67.1 Å². The summed E-state index contributed by atoms with van der Waals surface area (Å²) in [6.45, 7) is 0. The quantitative estimate of drug-likeness (QED) is 0.282. The van der Waals surface area contributed by atoms with Gasteiger partial charge in [0.2, 0.25) is 5.71 Å². The molecule has 164 valence electrons. The first-order valence-electron chi connectivity index (χ1n) is 11.4. The first kappa shape index (κ1) is 19.6. The Labute approximate surface area is 200 Å². The van der Waals surface area contributed by atoms with Crippen molar-refractivity contribution in [2.45, 2.75) is 0 Å². The van der Waals surface area contributed by atoms with Crippen molar-refractivity contribution < 1.29 is 4.42 Å². The molecule has 0 saturated heterocycles. The molecule has 35 heavy (non-hydrogen) atoms. The van der Waals surface area contributed by atoms with E-state index < -0.39 is 0 Å². The van der Waals surface area contributed by atoms with Crippen molar-refractivity contribution in [1.29, 1.82) is 0 Å². The second-order valence-corrected chi connectivity index (χ2v) is 8.35. The summed E-state index contributed by atoms with van der Waals surface area (Å²) in [5.41, 5.74) is 5.01. The number of rotatable bonds is 3. The molecule has 0 bridgehead atoms. The molecule has 0 aliphatic carbocycles. The molecule has 4 aromatic carbocycles. The molecular weight excluding hydrogens is 432 g/mol. The highest BCUT2D eigenvalue weighted by atomic mass is 16.3. The second kappa shape index (κ2) is 7.85. The molecule has 0 N–H and O–H groups in total. The highest BCUT2D eigenvalue weighted by Crippen LogP contribution is 2.37. The molecule has 3 heterocycles. The van der Waals surface area contributed by atoms with Crippen LogP contribution in [0.15, 0.2) is 114 Å². The summed E-state index contributed by atoms with van der Waals surface area (Å²) < 4.78 is 6.17. The van der Waals surface area contributed by atoms with Gasteiger partial charge in [0.1, 0.15) is 5.58 Å². The number of benzene rings is 4. The van der Waals surface area contributed by atoms with Crippen molar-refractivity contribution in [3.63, 3.8) is 0 Å². The van der Waals surface area contributed by atoms with E-state index in [1.54, 1.807) is 0 Å². The summed E-state index contributed by atoms with van der Waals surface area (Å²) in [5.74, 6) is 1.85. The van der Waals surface area contributed by atoms with E-state index in [1.807, 2.05) is 97.1 Å². The maximum absolute atomic E-state index is 6.17. The van der Waals surface area contributed by atoms with Gasteiger partial charge in [-0.3, -0.25) is 0 Å². The van der Waals surface area contributed by atoms with E-state index in [2.05, 4.69) is 12.1 Å². The molecule has 0 radical (unpaired) electrons. The Balaban J connectivity index is 1.53. The van der Waals surface area contributed by atoms with Crippen LogP contribution in [0.3, 0.4) is 0 Å². The predicted molar refractivity (Wildman–Crippen MR) is 139 cm³/mol. The fourth-order valence-corrected chi connectivity index (χ4v) is 4.47. The third-order valence-corrected chi connectivity index (χ3v) is 6.13. The lowest BCUT2D eigenvalue weighted by Crippen LogP contribution is -2.00. The van der Waals surface area contributed by atoms with Crippen LogP contribution in [-0.2, 0) is 0 Å². The minimum absolute atomic E-state index is 0.596. The lowest BCUT2D eigenvalue weighted by atomic mass is 10.0. The molecule has 7 aromatic rings. The average molecular weight is 451 g/mol. The van der Waals surface area contributed by atoms with Crippen LogP contribution < -0.4 is 0 Å². The molecule has 7 rings (SSSR count). The van der Waals surface area contributed by atoms with Crippen LogP contribution in [0.2, 0.25) is 0 Å². The van der Waals surface area contributed by atoms with Crippen LogP contribution in [0, 0.1) is 0 Å². The van der Waals surface area contributed by atoms with Gasteiger partial charge in [-0.1, -0.05) is 91.0 Å². The Morgan fingerprint density at radius 3 is 1.86 bits per heavy atom. The molecule has 0 amide bonds. The SMILES string of the molecule is c1ccc(-c2nc(-c3ccccc3)nc(-c3cccc4oc5nc6ccccc6cc5c34)n2)cc1. The molecule has 5 nitrogen and oxygen atoms in total. The van der Waals surface area contributed by atoms with E-state index >= 15 is 0 Å². The Bertz CT molecular complexity index is 1790. The number of para-hydroxylation sites is 1. The van der Waals surface area contributed by atoms with Gasteiger partial charge < -0.3 is 4.42 Å². The van der Waals surface area contributed by atoms with Crippen molar-refractivity contribution in [2.75, 3.05) is 0 Å². The fourth-order valence-electron chi connectivity index (χ4n) is 4.47. The normalized spacial score (nSPS) is 11.4. The van der Waals surface area contributed by atoms with Crippen molar-refractivity contribution in [3.05, 3.63) is 109 Å². The smallest absolute Gasteiger partial charge is 0.227 e. The predicted octanol–water partition coefficient (Wildman–Crippen LogP) is 7.32. The maximum atomic E-state index is 6.17. The Kier molecular flexibility index (Phi) is 4.39. The summed E-state index contributed by atoms with van der Waals surface area (Å²) in [5, 5.41) is 2.95. The van der Waals surface area contributed by atoms with Crippen LogP contribution in [-0.4, -0.2) is 19.9 Å². The topological polar surface area (TPSA) is 64.7 Å². The lowest BCUT2D eigenvalue weighted by molar-refractivity contribution is 0.656. The maximum Gasteiger partial charge on any atom is 0.227 e. The molecule has 0 aliphatic heterocycles. The fraction of sp³-hybridized carbons (Fsp3) is 0. The number of nitrogens with zero attached hydrogens (tertiary/aromatic N) is 4. The second-order valence-electron chi connectivity index (χ2n) is 8.35. The zero-order valence-electron chi connectivity index (χ0n) is 18.6. The summed E-state index contributed by atoms with van der Waals surface area (Å²) in [6.07, 6.45) is 0. The van der Waals surface area contributed by atoms with E-state index in [1.165, 1.54) is 0 Å². The zero-order valence-corrected chi connectivity index (χ0v) is 18.6. The van der Waals surface area contributed by atoms with Crippen LogP contribution in [0.1, 0.15) is 0 Å². The minimum Gasteiger partial charge on any atom is -0.438 e. The van der Waals surface area contributed by atoms with Gasteiger partial charge in [-0.25, -0.2) is 19.9 Å². The Hall–Kier alpha value is -4.90. The average Bonchev–Trinajstić information content (AvgIpc) is 3.30. The van der Waals surface area contributed by atoms with E-state index in [9.17, 15) is 0 Å². The van der Waals surface area contributed by atoms with Crippen molar-refractivity contribution >= 4 is 33.0 Å². The molecule has 5 heteroatoms. The van der Waals surface area contributed by atoms with Gasteiger partial charge in [-0.15, -0.1) is 0 Å². The van der Waals surface area contributed by atoms with Gasteiger partial charge in [-0.05, 0) is 18.2 Å². The molecule has 0 aliphatic rings. The zero-order chi connectivity index (χ0) is 23.2. The monoisotopic (exact) mass is 450 g/mol. The number of fused-ring (bicyclic) bond motifs is 4. The summed E-state index contributed by atoms with van der Waals surface area (Å²) >= 11 is 0. The van der Waals surface area contributed by atoms with Gasteiger partial charge in [0.05, 0.1) is 5.52 Å². The molecular formula is C30H18N4O. The molecule has 0 saturated carbocycles. The molecule has 0 spiro atoms. The Morgan fingerprint density at radius 2 is 1.14 bits per heavy atom. The third-order valence-electron chi connectivity index (χ3n) is 6.13. The molecule has 3 aromatic heterocycles. The highest BCUT2D eigenvalue weighted by Gasteiger charge is 2.18. The summed E-state index contributed by atoms with van der Waals surface area (Å²) in [6, 6.07) is 36.1. The van der Waals surface area contributed by atoms with Crippen molar-refractivity contribution in [1.82, 2.24) is 19.9 Å². The van der Waals surface area contributed by atoms with Gasteiger partial charge in [0, 0.05) is 32.8 Å². The van der Waals surface area contributed by atoms with E-state index in [-0.39, 0.29) is 0 Å². The lowest BCUT2D eigenvalue weighted by Gasteiger charge is -2.09. The highest BCUT2D eigenvalue weighted by molar-refractivity contribution is 6.13. The van der Waals surface area contributed by atoms with E-state index in [4.69, 9.17) is 24.4 Å². The van der Waals surface area contributed by atoms with Gasteiger partial charge in [-0.2, -0.15) is 0 Å². The first-order chi connectivity index (χ1) is 17.3.